The van der Waals surface area contributed by atoms with E-state index < -0.39 is 0 Å². The largest absolute Gasteiger partial charge is 0.411 e. The van der Waals surface area contributed by atoms with Crippen LogP contribution < -0.4 is 0 Å². The molecule has 2 fully saturated rings. The Morgan fingerprint density at radius 2 is 1.86 bits per heavy atom. The van der Waals surface area contributed by atoms with Crippen LogP contribution in [0.5, 0.6) is 0 Å². The molecule has 0 amide bonds. The van der Waals surface area contributed by atoms with Gasteiger partial charge < -0.3 is 5.21 Å². The van der Waals surface area contributed by atoms with Gasteiger partial charge in [0.25, 0.3) is 0 Å². The van der Waals surface area contributed by atoms with Gasteiger partial charge in [0, 0.05) is 17.8 Å². The maximum absolute atomic E-state index is 9.58. The van der Waals surface area contributed by atoms with Crippen LogP contribution in [0.4, 0.5) is 0 Å². The van der Waals surface area contributed by atoms with Crippen molar-refractivity contribution in [2.45, 2.75) is 66.2 Å². The normalized spacial score (nSPS) is 41.8. The van der Waals surface area contributed by atoms with Gasteiger partial charge in [0.05, 0.1) is 5.71 Å². The smallest absolute Gasteiger partial charge is 0.0667 e. The van der Waals surface area contributed by atoms with Gasteiger partial charge in [-0.05, 0) is 84.3 Å². The van der Waals surface area contributed by atoms with E-state index in [9.17, 15) is 5.21 Å². The monoisotopic (exact) mass is 390 g/mol. The number of oxime groups is 1. The molecule has 0 saturated heterocycles. The van der Waals surface area contributed by atoms with Crippen LogP contribution in [-0.4, -0.2) is 15.9 Å². The minimum Gasteiger partial charge on any atom is -0.411 e. The Hall–Kier alpha value is -1.90. The lowest BCUT2D eigenvalue weighted by Gasteiger charge is -2.60. The maximum Gasteiger partial charge on any atom is 0.0667 e. The molecule has 5 rings (SSSR count). The summed E-state index contributed by atoms with van der Waals surface area (Å²) in [6.45, 7) is 9.55. The summed E-state index contributed by atoms with van der Waals surface area (Å²) in [7, 11) is 0. The Morgan fingerprint density at radius 3 is 2.59 bits per heavy atom. The van der Waals surface area contributed by atoms with Crippen LogP contribution in [0.2, 0.25) is 0 Å². The lowest BCUT2D eigenvalue weighted by Crippen LogP contribution is -2.53. The fourth-order valence-electron chi connectivity index (χ4n) is 7.94. The Kier molecular flexibility index (Phi) is 4.14. The van der Waals surface area contributed by atoms with Crippen molar-refractivity contribution in [1.82, 2.24) is 4.98 Å². The molecule has 5 unspecified atom stereocenters. The third-order valence-electron chi connectivity index (χ3n) is 9.41. The van der Waals surface area contributed by atoms with E-state index in [2.05, 4.69) is 62.1 Å². The topological polar surface area (TPSA) is 45.5 Å². The van der Waals surface area contributed by atoms with Gasteiger partial charge in [0.1, 0.15) is 0 Å². The summed E-state index contributed by atoms with van der Waals surface area (Å²) < 4.78 is 0. The fraction of sp³-hybridized carbons (Fsp3) is 0.615. The molecule has 4 aliphatic carbocycles. The van der Waals surface area contributed by atoms with Gasteiger partial charge in [-0.25, -0.2) is 0 Å². The zero-order valence-electron chi connectivity index (χ0n) is 18.3. The zero-order valence-corrected chi connectivity index (χ0v) is 18.3. The molecule has 0 radical (unpaired) electrons. The minimum absolute atomic E-state index is 0.123. The van der Waals surface area contributed by atoms with Gasteiger partial charge in [-0.3, -0.25) is 4.98 Å². The molecule has 29 heavy (non-hydrogen) atoms. The molecule has 4 aliphatic rings. The predicted octanol–water partition coefficient (Wildman–Crippen LogP) is 6.50. The van der Waals surface area contributed by atoms with E-state index in [1.54, 1.807) is 0 Å². The highest BCUT2D eigenvalue weighted by atomic mass is 16.4. The molecule has 1 aromatic heterocycles. The molecule has 0 aromatic carbocycles. The summed E-state index contributed by atoms with van der Waals surface area (Å²) in [5, 5.41) is 13.3. The Morgan fingerprint density at radius 1 is 1.03 bits per heavy atom. The van der Waals surface area contributed by atoms with E-state index in [-0.39, 0.29) is 16.2 Å². The summed E-state index contributed by atoms with van der Waals surface area (Å²) in [4.78, 5) is 4.39. The van der Waals surface area contributed by atoms with E-state index >= 15 is 0 Å². The number of fused-ring (bicyclic) bond motifs is 5. The van der Waals surface area contributed by atoms with Crippen molar-refractivity contribution < 1.29 is 5.21 Å². The SMILES string of the molecule is CC1(C)C2=CCC3C4CC=C(c5cccnc5)C4(C)CCC3C2(C)CC/C1=N\O. The molecule has 2 saturated carbocycles. The van der Waals surface area contributed by atoms with Crippen LogP contribution in [0.3, 0.4) is 0 Å². The van der Waals surface area contributed by atoms with Crippen LogP contribution in [0.25, 0.3) is 5.57 Å². The van der Waals surface area contributed by atoms with Gasteiger partial charge >= 0.3 is 0 Å². The van der Waals surface area contributed by atoms with Crippen molar-refractivity contribution >= 4 is 11.3 Å². The summed E-state index contributed by atoms with van der Waals surface area (Å²) in [6, 6.07) is 4.30. The summed E-state index contributed by atoms with van der Waals surface area (Å²) in [6.07, 6.45) is 16.0. The fourth-order valence-corrected chi connectivity index (χ4v) is 7.94. The second kappa shape index (κ2) is 6.30. The van der Waals surface area contributed by atoms with Crippen molar-refractivity contribution in [2.24, 2.45) is 39.2 Å². The second-order valence-electron chi connectivity index (χ2n) is 10.9. The predicted molar refractivity (Wildman–Crippen MR) is 118 cm³/mol. The van der Waals surface area contributed by atoms with Crippen molar-refractivity contribution in [3.05, 3.63) is 47.8 Å². The number of pyridine rings is 1. The summed E-state index contributed by atoms with van der Waals surface area (Å²) >= 11 is 0. The molecule has 154 valence electrons. The molecular formula is C26H34N2O. The molecule has 0 aliphatic heterocycles. The van der Waals surface area contributed by atoms with Crippen LogP contribution in [0.1, 0.15) is 71.8 Å². The average molecular weight is 391 g/mol. The molecule has 0 bridgehead atoms. The third-order valence-corrected chi connectivity index (χ3v) is 9.41. The number of allylic oxidation sites excluding steroid dienone is 4. The first kappa shape index (κ1) is 19.1. The van der Waals surface area contributed by atoms with E-state index in [0.717, 1.165) is 36.3 Å². The number of rotatable bonds is 1. The third kappa shape index (κ3) is 2.49. The number of hydrogen-bond donors (Lipinski definition) is 1. The van der Waals surface area contributed by atoms with Crippen LogP contribution in [-0.2, 0) is 0 Å². The molecule has 0 spiro atoms. The molecule has 1 N–H and O–H groups in total. The highest BCUT2D eigenvalue weighted by molar-refractivity contribution is 5.93. The minimum atomic E-state index is -0.123. The number of aromatic nitrogens is 1. The first-order valence-corrected chi connectivity index (χ1v) is 11.4. The first-order chi connectivity index (χ1) is 13.8. The Labute approximate surface area is 175 Å². The highest BCUT2D eigenvalue weighted by Crippen LogP contribution is 2.67. The first-order valence-electron chi connectivity index (χ1n) is 11.4. The van der Waals surface area contributed by atoms with E-state index in [0.29, 0.717) is 0 Å². The maximum atomic E-state index is 9.58. The van der Waals surface area contributed by atoms with Crippen LogP contribution in [0, 0.1) is 34.0 Å². The van der Waals surface area contributed by atoms with Gasteiger partial charge in [-0.1, -0.05) is 56.6 Å². The average Bonchev–Trinajstić information content (AvgIpc) is 3.05. The van der Waals surface area contributed by atoms with E-state index in [1.165, 1.54) is 42.4 Å². The Balaban J connectivity index is 1.51. The van der Waals surface area contributed by atoms with Crippen molar-refractivity contribution in [3.8, 4) is 0 Å². The van der Waals surface area contributed by atoms with Crippen molar-refractivity contribution in [1.29, 1.82) is 0 Å². The summed E-state index contributed by atoms with van der Waals surface area (Å²) in [5.74, 6) is 2.21. The summed E-state index contributed by atoms with van der Waals surface area (Å²) in [5.41, 5.74) is 5.73. The molecule has 5 atom stereocenters. The van der Waals surface area contributed by atoms with Crippen molar-refractivity contribution in [3.63, 3.8) is 0 Å². The zero-order chi connectivity index (χ0) is 20.4. The van der Waals surface area contributed by atoms with E-state index in [4.69, 9.17) is 0 Å². The quantitative estimate of drug-likeness (QED) is 0.338. The van der Waals surface area contributed by atoms with Gasteiger partial charge in [0.15, 0.2) is 0 Å². The molecule has 3 nitrogen and oxygen atoms in total. The number of hydrogen-bond acceptors (Lipinski definition) is 3. The molecular weight excluding hydrogens is 356 g/mol. The lowest BCUT2D eigenvalue weighted by molar-refractivity contribution is -0.0117. The van der Waals surface area contributed by atoms with Crippen molar-refractivity contribution in [2.75, 3.05) is 0 Å². The van der Waals surface area contributed by atoms with Gasteiger partial charge in [0.2, 0.25) is 0 Å². The van der Waals surface area contributed by atoms with Crippen LogP contribution in [0.15, 0.2) is 47.4 Å². The van der Waals surface area contributed by atoms with Crippen LogP contribution >= 0.6 is 0 Å². The Bertz CT molecular complexity index is 912. The standard InChI is InChI=1S/C26H34N2O/c1-24(2)22-10-7-18-20-9-8-19(17-6-5-15-27-16-17)25(20,3)13-11-21(18)26(22,4)14-12-23(24)28-29/h5-6,8,10,15-16,18,20-21,29H,7,9,11-14H2,1-4H3/b28-23+. The number of nitrogens with zero attached hydrogens (tertiary/aromatic N) is 2. The molecule has 3 heteroatoms. The second-order valence-corrected chi connectivity index (χ2v) is 10.9. The van der Waals surface area contributed by atoms with Gasteiger partial charge in [-0.15, -0.1) is 0 Å². The van der Waals surface area contributed by atoms with E-state index in [1.807, 2.05) is 12.4 Å². The molecule has 1 heterocycles. The lowest BCUT2D eigenvalue weighted by atomic mass is 9.44. The highest BCUT2D eigenvalue weighted by Gasteiger charge is 2.59. The molecule has 1 aromatic rings. The van der Waals surface area contributed by atoms with Gasteiger partial charge in [-0.2, -0.15) is 0 Å².